The lowest BCUT2D eigenvalue weighted by Crippen LogP contribution is -2.33. The van der Waals surface area contributed by atoms with Gasteiger partial charge in [-0.15, -0.1) is 0 Å². The van der Waals surface area contributed by atoms with Crippen molar-refractivity contribution in [2.75, 3.05) is 7.11 Å². The summed E-state index contributed by atoms with van der Waals surface area (Å²) in [5, 5.41) is 8.09. The molecular formula is C20H23F3N4O3S. The molecule has 0 aliphatic carbocycles. The van der Waals surface area contributed by atoms with E-state index in [0.717, 1.165) is 18.2 Å². The summed E-state index contributed by atoms with van der Waals surface area (Å²) in [6.45, 7) is 6.17. The third-order valence-corrected chi connectivity index (χ3v) is 6.07. The highest BCUT2D eigenvalue weighted by Gasteiger charge is 2.32. The predicted molar refractivity (Wildman–Crippen MR) is 108 cm³/mol. The number of nitrogens with one attached hydrogen (secondary N) is 1. The van der Waals surface area contributed by atoms with Crippen LogP contribution in [0, 0.1) is 0 Å². The zero-order chi connectivity index (χ0) is 23.0. The standard InChI is InChI=1S/C20H23F3N4O3S/c1-19(2,3)17-26-27(10-12-6-8-15(28)24-12)18(31-17)25-16(29)13-9-11(20(21,22)23)5-7-14(13)30-4/h5,7,9,12H,6,8,10H2,1-4H3,(H,24,28)/t12-/m1/s1. The molecule has 2 amide bonds. The first-order valence-electron chi connectivity index (χ1n) is 9.60. The number of carbonyl (C=O) groups is 2. The molecular weight excluding hydrogens is 433 g/mol. The molecule has 11 heteroatoms. The van der Waals surface area contributed by atoms with Crippen LogP contribution in [-0.2, 0) is 22.9 Å². The van der Waals surface area contributed by atoms with Gasteiger partial charge in [0.2, 0.25) is 10.7 Å². The normalized spacial score (nSPS) is 17.7. The first kappa shape index (κ1) is 23.0. The molecule has 7 nitrogen and oxygen atoms in total. The summed E-state index contributed by atoms with van der Waals surface area (Å²) >= 11 is 1.19. The molecule has 1 N–H and O–H groups in total. The number of carbonyl (C=O) groups excluding carboxylic acids is 2. The van der Waals surface area contributed by atoms with E-state index in [4.69, 9.17) is 4.74 Å². The average Bonchev–Trinajstić information content (AvgIpc) is 3.26. The van der Waals surface area contributed by atoms with Crippen LogP contribution in [0.2, 0.25) is 0 Å². The summed E-state index contributed by atoms with van der Waals surface area (Å²) in [5.41, 5.74) is -1.58. The Morgan fingerprint density at radius 3 is 2.61 bits per heavy atom. The molecule has 31 heavy (non-hydrogen) atoms. The molecule has 0 saturated carbocycles. The largest absolute Gasteiger partial charge is 0.496 e. The highest BCUT2D eigenvalue weighted by molar-refractivity contribution is 7.09. The van der Waals surface area contributed by atoms with Crippen LogP contribution in [0.15, 0.2) is 23.2 Å². The number of rotatable bonds is 4. The van der Waals surface area contributed by atoms with E-state index in [1.807, 2.05) is 20.8 Å². The van der Waals surface area contributed by atoms with E-state index in [1.165, 1.54) is 23.1 Å². The number of amides is 2. The number of nitrogens with zero attached hydrogens (tertiary/aromatic N) is 3. The zero-order valence-electron chi connectivity index (χ0n) is 17.5. The second-order valence-electron chi connectivity index (χ2n) is 8.25. The molecule has 1 aliphatic rings. The maximum Gasteiger partial charge on any atom is 0.416 e. The van der Waals surface area contributed by atoms with Gasteiger partial charge in [-0.05, 0) is 24.6 Å². The fourth-order valence-corrected chi connectivity index (χ4v) is 4.00. The Kier molecular flexibility index (Phi) is 6.26. The summed E-state index contributed by atoms with van der Waals surface area (Å²) in [5.74, 6) is -0.923. The second kappa shape index (κ2) is 8.45. The predicted octanol–water partition coefficient (Wildman–Crippen LogP) is 3.29. The maximum absolute atomic E-state index is 13.1. The van der Waals surface area contributed by atoms with Gasteiger partial charge in [0.15, 0.2) is 0 Å². The fourth-order valence-electron chi connectivity index (χ4n) is 3.04. The van der Waals surface area contributed by atoms with E-state index in [0.29, 0.717) is 24.4 Å². The van der Waals surface area contributed by atoms with E-state index >= 15 is 0 Å². The topological polar surface area (TPSA) is 85.6 Å². The first-order valence-corrected chi connectivity index (χ1v) is 10.4. The van der Waals surface area contributed by atoms with Crippen LogP contribution < -0.4 is 14.9 Å². The monoisotopic (exact) mass is 456 g/mol. The van der Waals surface area contributed by atoms with Gasteiger partial charge in [-0.2, -0.15) is 23.3 Å². The van der Waals surface area contributed by atoms with Crippen molar-refractivity contribution >= 4 is 23.2 Å². The molecule has 2 heterocycles. The van der Waals surface area contributed by atoms with Gasteiger partial charge < -0.3 is 10.1 Å². The minimum absolute atomic E-state index is 0.00286. The lowest BCUT2D eigenvalue weighted by atomic mass is 9.98. The summed E-state index contributed by atoms with van der Waals surface area (Å²) in [7, 11) is 1.27. The van der Waals surface area contributed by atoms with Gasteiger partial charge in [-0.3, -0.25) is 9.59 Å². The van der Waals surface area contributed by atoms with Crippen molar-refractivity contribution in [1.82, 2.24) is 15.1 Å². The van der Waals surface area contributed by atoms with E-state index in [9.17, 15) is 22.8 Å². The molecule has 1 saturated heterocycles. The first-order chi connectivity index (χ1) is 14.4. The SMILES string of the molecule is COc1ccc(C(F)(F)F)cc1C(=O)N=c1sc(C(C)(C)C)nn1C[C@H]1CCC(=O)N1. The van der Waals surface area contributed by atoms with Gasteiger partial charge >= 0.3 is 6.18 Å². The number of hydrogen-bond donors (Lipinski definition) is 1. The Morgan fingerprint density at radius 1 is 1.35 bits per heavy atom. The Hall–Kier alpha value is -2.69. The van der Waals surface area contributed by atoms with E-state index < -0.39 is 17.6 Å². The number of ether oxygens (including phenoxy) is 1. The summed E-state index contributed by atoms with van der Waals surface area (Å²) < 4.78 is 46.0. The van der Waals surface area contributed by atoms with Crippen molar-refractivity contribution < 1.29 is 27.5 Å². The number of benzene rings is 1. The highest BCUT2D eigenvalue weighted by Crippen LogP contribution is 2.33. The van der Waals surface area contributed by atoms with Gasteiger partial charge in [-0.25, -0.2) is 4.68 Å². The average molecular weight is 456 g/mol. The van der Waals surface area contributed by atoms with E-state index in [1.54, 1.807) is 0 Å². The van der Waals surface area contributed by atoms with Crippen LogP contribution in [0.25, 0.3) is 0 Å². The van der Waals surface area contributed by atoms with Gasteiger partial charge in [-0.1, -0.05) is 32.1 Å². The number of alkyl halides is 3. The molecule has 0 spiro atoms. The Morgan fingerprint density at radius 2 is 2.06 bits per heavy atom. The number of halogens is 3. The van der Waals surface area contributed by atoms with Gasteiger partial charge in [0.1, 0.15) is 10.8 Å². The van der Waals surface area contributed by atoms with E-state index in [-0.39, 0.29) is 33.5 Å². The molecule has 3 rings (SSSR count). The molecule has 1 fully saturated rings. The highest BCUT2D eigenvalue weighted by atomic mass is 32.1. The molecule has 0 radical (unpaired) electrons. The molecule has 168 valence electrons. The van der Waals surface area contributed by atoms with Gasteiger partial charge in [0.05, 0.1) is 24.8 Å². The van der Waals surface area contributed by atoms with Crippen molar-refractivity contribution in [3.05, 3.63) is 39.1 Å². The molecule has 2 aromatic rings. The number of hydrogen-bond acceptors (Lipinski definition) is 5. The van der Waals surface area contributed by atoms with Crippen LogP contribution in [0.3, 0.4) is 0 Å². The smallest absolute Gasteiger partial charge is 0.416 e. The summed E-state index contributed by atoms with van der Waals surface area (Å²) in [6, 6.07) is 2.53. The maximum atomic E-state index is 13.1. The number of methoxy groups -OCH3 is 1. The quantitative estimate of drug-likeness (QED) is 0.765. The van der Waals surface area contributed by atoms with Crippen LogP contribution in [-0.4, -0.2) is 34.7 Å². The van der Waals surface area contributed by atoms with Gasteiger partial charge in [0, 0.05) is 17.9 Å². The fraction of sp³-hybridized carbons (Fsp3) is 0.500. The Bertz CT molecular complexity index is 1070. The van der Waals surface area contributed by atoms with Crippen LogP contribution in [0.4, 0.5) is 13.2 Å². The third kappa shape index (κ3) is 5.33. The van der Waals surface area contributed by atoms with Crippen molar-refractivity contribution in [3.63, 3.8) is 0 Å². The molecule has 1 atom stereocenters. The van der Waals surface area contributed by atoms with Crippen molar-refractivity contribution in [3.8, 4) is 5.75 Å². The van der Waals surface area contributed by atoms with E-state index in [2.05, 4.69) is 15.4 Å². The second-order valence-corrected chi connectivity index (χ2v) is 9.21. The Labute approximate surface area is 180 Å². The lowest BCUT2D eigenvalue weighted by molar-refractivity contribution is -0.137. The van der Waals surface area contributed by atoms with Crippen LogP contribution in [0.1, 0.15) is 54.5 Å². The zero-order valence-corrected chi connectivity index (χ0v) is 18.4. The minimum Gasteiger partial charge on any atom is -0.496 e. The van der Waals surface area contributed by atoms with Crippen molar-refractivity contribution in [2.45, 2.75) is 57.8 Å². The van der Waals surface area contributed by atoms with Gasteiger partial charge in [0.25, 0.3) is 5.91 Å². The third-order valence-electron chi connectivity index (χ3n) is 4.69. The van der Waals surface area contributed by atoms with Crippen molar-refractivity contribution in [1.29, 1.82) is 0 Å². The van der Waals surface area contributed by atoms with Crippen LogP contribution in [0.5, 0.6) is 5.75 Å². The Balaban J connectivity index is 2.04. The summed E-state index contributed by atoms with van der Waals surface area (Å²) in [6.07, 6.45) is -3.57. The number of aromatic nitrogens is 2. The molecule has 1 aliphatic heterocycles. The van der Waals surface area contributed by atoms with Crippen LogP contribution >= 0.6 is 11.3 Å². The summed E-state index contributed by atoms with van der Waals surface area (Å²) in [4.78, 5) is 28.7. The minimum atomic E-state index is -4.61. The van der Waals surface area contributed by atoms with Crippen molar-refractivity contribution in [2.24, 2.45) is 4.99 Å². The molecule has 1 aromatic carbocycles. The lowest BCUT2D eigenvalue weighted by Gasteiger charge is -2.13. The molecule has 0 bridgehead atoms. The molecule has 1 aromatic heterocycles. The molecule has 0 unspecified atom stereocenters.